The molecule has 6 heavy (non-hydrogen) atoms. The lowest BCUT2D eigenvalue weighted by Gasteiger charge is -1.89. The fourth-order valence-electron chi connectivity index (χ4n) is 0.0500. The molecule has 0 spiro atoms. The van der Waals surface area contributed by atoms with Crippen molar-refractivity contribution in [2.45, 2.75) is 6.92 Å². The first-order valence-corrected chi connectivity index (χ1v) is 1.59. The number of nitrogens with one attached hydrogen (secondary N) is 1. The van der Waals surface area contributed by atoms with Gasteiger partial charge in [-0.15, -0.1) is 0 Å². The molecule has 0 saturated heterocycles. The molecule has 3 nitrogen and oxygen atoms in total. The first-order chi connectivity index (χ1) is 2.81. The summed E-state index contributed by atoms with van der Waals surface area (Å²) < 4.78 is 1.29. The van der Waals surface area contributed by atoms with Crippen molar-refractivity contribution in [2.24, 2.45) is 5.22 Å². The number of rotatable bonds is 1. The topological polar surface area (TPSA) is 39.2 Å². The van der Waals surface area contributed by atoms with E-state index in [4.69, 9.17) is 5.53 Å². The molecule has 0 heterocycles. The summed E-state index contributed by atoms with van der Waals surface area (Å²) in [5, 5.41) is 2.98. The van der Waals surface area contributed by atoms with Crippen molar-refractivity contribution < 1.29 is 4.68 Å². The summed E-state index contributed by atoms with van der Waals surface area (Å²) in [6.45, 7) is 1.69. The molecule has 0 aromatic heterocycles. The van der Waals surface area contributed by atoms with Crippen LogP contribution in [-0.4, -0.2) is 17.9 Å². The van der Waals surface area contributed by atoms with Gasteiger partial charge in [-0.1, -0.05) is 0 Å². The Bertz CT molecular complexity index is 74.1. The van der Waals surface area contributed by atoms with Crippen molar-refractivity contribution in [2.75, 3.05) is 7.05 Å². The zero-order valence-corrected chi connectivity index (χ0v) is 3.89. The number of hydrogen-bond acceptors (Lipinski definition) is 2. The van der Waals surface area contributed by atoms with Crippen molar-refractivity contribution in [1.82, 2.24) is 0 Å². The Morgan fingerprint density at radius 3 is 2.33 bits per heavy atom. The van der Waals surface area contributed by atoms with Crippen LogP contribution >= 0.6 is 0 Å². The molecule has 0 aliphatic carbocycles. The SMILES string of the molecule is C[C-]=[N+](C)N=N. The van der Waals surface area contributed by atoms with Gasteiger partial charge in [0.05, 0.1) is 12.3 Å². The molecule has 34 valence electrons. The third kappa shape index (κ3) is 1.58. The lowest BCUT2D eigenvalue weighted by atomic mass is 10.9. The fraction of sp³-hybridized carbons (Fsp3) is 0.667. The van der Waals surface area contributed by atoms with E-state index in [-0.39, 0.29) is 0 Å². The van der Waals surface area contributed by atoms with Crippen LogP contribution in [0.25, 0.3) is 0 Å². The minimum Gasteiger partial charge on any atom is -0.319 e. The molecular weight excluding hydrogens is 78.1 g/mol. The van der Waals surface area contributed by atoms with Gasteiger partial charge in [-0.2, -0.15) is 6.92 Å². The summed E-state index contributed by atoms with van der Waals surface area (Å²) in [4.78, 5) is 0. The Hall–Kier alpha value is -0.730. The molecule has 0 aromatic carbocycles. The third-order valence-corrected chi connectivity index (χ3v) is 0.474. The first-order valence-electron chi connectivity index (χ1n) is 1.59. The molecule has 0 saturated carbocycles. The maximum atomic E-state index is 6.30. The van der Waals surface area contributed by atoms with Gasteiger partial charge in [0.2, 0.25) is 0 Å². The highest BCUT2D eigenvalue weighted by Gasteiger charge is 1.58. The predicted molar refractivity (Wildman–Crippen MR) is 22.0 cm³/mol. The first kappa shape index (κ1) is 5.27. The molecule has 0 atom stereocenters. The van der Waals surface area contributed by atoms with Gasteiger partial charge in [0.15, 0.2) is 0 Å². The molecule has 0 bridgehead atoms. The molecule has 0 aliphatic heterocycles. The maximum Gasteiger partial charge on any atom is 0.0922 e. The Balaban J connectivity index is 3.50. The third-order valence-electron chi connectivity index (χ3n) is 0.474. The standard InChI is InChI=1S/C3H7N3/c1-3-6(2)5-4/h4H,1-2H3. The molecule has 0 aliphatic rings. The van der Waals surface area contributed by atoms with E-state index in [0.717, 1.165) is 0 Å². The van der Waals surface area contributed by atoms with Gasteiger partial charge in [-0.25, -0.2) is 0 Å². The largest absolute Gasteiger partial charge is 0.319 e. The average molecular weight is 85.1 g/mol. The van der Waals surface area contributed by atoms with Crippen LogP contribution in [0.4, 0.5) is 0 Å². The lowest BCUT2D eigenvalue weighted by Crippen LogP contribution is -1.91. The molecule has 0 unspecified atom stereocenters. The monoisotopic (exact) mass is 85.1 g/mol. The normalized spacial score (nSPS) is 11.3. The second kappa shape index (κ2) is 2.50. The Morgan fingerprint density at radius 1 is 1.83 bits per heavy atom. The molecule has 0 rings (SSSR count). The van der Waals surface area contributed by atoms with Crippen molar-refractivity contribution in [3.05, 3.63) is 0 Å². The van der Waals surface area contributed by atoms with Gasteiger partial charge >= 0.3 is 0 Å². The molecule has 1 N–H and O–H groups in total. The summed E-state index contributed by atoms with van der Waals surface area (Å²) in [5.41, 5.74) is 6.30. The zero-order valence-electron chi connectivity index (χ0n) is 3.89. The highest BCUT2D eigenvalue weighted by molar-refractivity contribution is 5.46. The molecular formula is C3H7N3. The van der Waals surface area contributed by atoms with Crippen LogP contribution in [0.5, 0.6) is 0 Å². The summed E-state index contributed by atoms with van der Waals surface area (Å²) in [6, 6.07) is 0. The van der Waals surface area contributed by atoms with Crippen LogP contribution < -0.4 is 0 Å². The van der Waals surface area contributed by atoms with Crippen molar-refractivity contribution in [3.63, 3.8) is 0 Å². The molecule has 0 radical (unpaired) electrons. The van der Waals surface area contributed by atoms with Crippen molar-refractivity contribution in [3.8, 4) is 0 Å². The van der Waals surface area contributed by atoms with E-state index < -0.39 is 0 Å². The van der Waals surface area contributed by atoms with Gasteiger partial charge < -0.3 is 4.68 Å². The second-order valence-electron chi connectivity index (χ2n) is 0.847. The minimum absolute atomic E-state index is 1.29. The predicted octanol–water partition coefficient (Wildman–Crippen LogP) is 0.542. The van der Waals surface area contributed by atoms with Crippen LogP contribution in [0.15, 0.2) is 5.22 Å². The van der Waals surface area contributed by atoms with Crippen LogP contribution in [0.3, 0.4) is 0 Å². The molecule has 3 heteroatoms. The van der Waals surface area contributed by atoms with E-state index >= 15 is 0 Å². The molecule has 0 fully saturated rings. The van der Waals surface area contributed by atoms with Crippen LogP contribution in [-0.2, 0) is 0 Å². The van der Waals surface area contributed by atoms with Gasteiger partial charge in [0.25, 0.3) is 0 Å². The second-order valence-corrected chi connectivity index (χ2v) is 0.847. The van der Waals surface area contributed by atoms with Gasteiger partial charge in [0.1, 0.15) is 0 Å². The maximum absolute atomic E-state index is 6.30. The summed E-state index contributed by atoms with van der Waals surface area (Å²) >= 11 is 0. The van der Waals surface area contributed by atoms with E-state index in [1.165, 1.54) is 4.68 Å². The smallest absolute Gasteiger partial charge is 0.0922 e. The van der Waals surface area contributed by atoms with Crippen LogP contribution in [0.2, 0.25) is 0 Å². The van der Waals surface area contributed by atoms with Crippen LogP contribution in [0, 0.1) is 5.53 Å². The van der Waals surface area contributed by atoms with Crippen LogP contribution in [0.1, 0.15) is 6.92 Å². The van der Waals surface area contributed by atoms with Gasteiger partial charge in [-0.3, -0.25) is 6.21 Å². The van der Waals surface area contributed by atoms with Crippen molar-refractivity contribution >= 4 is 6.21 Å². The Morgan fingerprint density at radius 2 is 2.33 bits per heavy atom. The fourth-order valence-corrected chi connectivity index (χ4v) is 0.0500. The summed E-state index contributed by atoms with van der Waals surface area (Å²) in [7, 11) is 1.65. The van der Waals surface area contributed by atoms with Gasteiger partial charge in [0, 0.05) is 5.53 Å². The van der Waals surface area contributed by atoms with E-state index in [1.807, 2.05) is 0 Å². The molecule has 0 amide bonds. The average Bonchev–Trinajstić information content (AvgIpc) is 1.65. The highest BCUT2D eigenvalue weighted by Crippen LogP contribution is 1.59. The van der Waals surface area contributed by atoms with Crippen molar-refractivity contribution in [1.29, 1.82) is 5.53 Å². The summed E-state index contributed by atoms with van der Waals surface area (Å²) in [5.74, 6) is 0. The highest BCUT2D eigenvalue weighted by atomic mass is 15.4. The number of hydrogen-bond donors (Lipinski definition) is 1. The van der Waals surface area contributed by atoms with E-state index in [2.05, 4.69) is 11.4 Å². The Labute approximate surface area is 36.8 Å². The Kier molecular flexibility index (Phi) is 2.20. The zero-order chi connectivity index (χ0) is 4.99. The lowest BCUT2D eigenvalue weighted by molar-refractivity contribution is -0.510. The van der Waals surface area contributed by atoms with Gasteiger partial charge in [-0.05, 0) is 0 Å². The number of nitrogens with zero attached hydrogens (tertiary/aromatic N) is 2. The van der Waals surface area contributed by atoms with E-state index in [1.54, 1.807) is 14.0 Å². The van der Waals surface area contributed by atoms with E-state index in [0.29, 0.717) is 0 Å². The summed E-state index contributed by atoms with van der Waals surface area (Å²) in [6.07, 6.45) is 2.59. The minimum atomic E-state index is 1.29. The molecule has 0 aromatic rings. The van der Waals surface area contributed by atoms with E-state index in [9.17, 15) is 0 Å². The quantitative estimate of drug-likeness (QED) is 0.159.